The smallest absolute Gasteiger partial charge is 0.255 e. The Morgan fingerprint density at radius 3 is 2.28 bits per heavy atom. The Hall–Kier alpha value is -2.95. The van der Waals surface area contributed by atoms with Gasteiger partial charge in [-0.2, -0.15) is 0 Å². The fraction of sp³-hybridized carbons (Fsp3) is 0.250. The molecule has 3 aromatic rings. The molecule has 0 aliphatic heterocycles. The van der Waals surface area contributed by atoms with Crippen LogP contribution in [0, 0.1) is 6.92 Å². The van der Waals surface area contributed by atoms with E-state index in [1.165, 1.54) is 5.56 Å². The van der Waals surface area contributed by atoms with Crippen molar-refractivity contribution in [3.8, 4) is 5.82 Å². The molecule has 5 nitrogen and oxygen atoms in total. The van der Waals surface area contributed by atoms with Gasteiger partial charge in [-0.3, -0.25) is 9.36 Å². The Morgan fingerprint density at radius 2 is 1.76 bits per heavy atom. The summed E-state index contributed by atoms with van der Waals surface area (Å²) in [6.07, 6.45) is 5.23. The molecule has 1 N–H and O–H groups in total. The molecular weight excluding hydrogens is 312 g/mol. The van der Waals surface area contributed by atoms with E-state index in [1.54, 1.807) is 12.4 Å². The zero-order valence-electron chi connectivity index (χ0n) is 14.9. The largest absolute Gasteiger partial charge is 0.321 e. The number of imidazole rings is 1. The predicted molar refractivity (Wildman–Crippen MR) is 99.2 cm³/mol. The molecule has 0 unspecified atom stereocenters. The maximum Gasteiger partial charge on any atom is 0.255 e. The summed E-state index contributed by atoms with van der Waals surface area (Å²) in [6, 6.07) is 11.4. The molecule has 0 aliphatic rings. The van der Waals surface area contributed by atoms with Gasteiger partial charge in [-0.15, -0.1) is 0 Å². The zero-order valence-corrected chi connectivity index (χ0v) is 14.9. The Morgan fingerprint density at radius 1 is 1.04 bits per heavy atom. The lowest BCUT2D eigenvalue weighted by atomic mass is 9.87. The number of pyridine rings is 1. The second-order valence-corrected chi connectivity index (χ2v) is 7.03. The van der Waals surface area contributed by atoms with Crippen LogP contribution in [-0.2, 0) is 5.41 Å². The summed E-state index contributed by atoms with van der Waals surface area (Å²) in [5, 5.41) is 2.88. The number of nitrogens with one attached hydrogen (secondary N) is 1. The van der Waals surface area contributed by atoms with Crippen LogP contribution in [0.15, 0.2) is 55.0 Å². The van der Waals surface area contributed by atoms with E-state index in [4.69, 9.17) is 0 Å². The summed E-state index contributed by atoms with van der Waals surface area (Å²) in [4.78, 5) is 21.0. The van der Waals surface area contributed by atoms with Crippen molar-refractivity contribution in [3.63, 3.8) is 0 Å². The highest BCUT2D eigenvalue weighted by Gasteiger charge is 2.14. The first-order valence-electron chi connectivity index (χ1n) is 8.23. The fourth-order valence-corrected chi connectivity index (χ4v) is 2.55. The highest BCUT2D eigenvalue weighted by molar-refractivity contribution is 6.04. The van der Waals surface area contributed by atoms with Gasteiger partial charge in [-0.25, -0.2) is 9.97 Å². The number of rotatable bonds is 3. The second-order valence-electron chi connectivity index (χ2n) is 7.03. The van der Waals surface area contributed by atoms with Gasteiger partial charge < -0.3 is 5.32 Å². The monoisotopic (exact) mass is 334 g/mol. The van der Waals surface area contributed by atoms with Gasteiger partial charge in [0.25, 0.3) is 5.91 Å². The second kappa shape index (κ2) is 6.51. The number of aromatic nitrogens is 3. The van der Waals surface area contributed by atoms with Gasteiger partial charge in [0, 0.05) is 18.0 Å². The minimum absolute atomic E-state index is 0.0697. The van der Waals surface area contributed by atoms with Gasteiger partial charge >= 0.3 is 0 Å². The van der Waals surface area contributed by atoms with Crippen molar-refractivity contribution < 1.29 is 4.79 Å². The fourth-order valence-electron chi connectivity index (χ4n) is 2.55. The van der Waals surface area contributed by atoms with Crippen molar-refractivity contribution in [2.75, 3.05) is 5.32 Å². The maximum absolute atomic E-state index is 12.4. The third-order valence-electron chi connectivity index (χ3n) is 4.09. The molecule has 1 amide bonds. The first kappa shape index (κ1) is 16.9. The highest BCUT2D eigenvalue weighted by atomic mass is 16.1. The van der Waals surface area contributed by atoms with E-state index >= 15 is 0 Å². The number of hydrogen-bond donors (Lipinski definition) is 1. The number of amides is 1. The third kappa shape index (κ3) is 3.76. The summed E-state index contributed by atoms with van der Waals surface area (Å²) in [5.41, 5.74) is 2.56. The highest BCUT2D eigenvalue weighted by Crippen LogP contribution is 2.22. The van der Waals surface area contributed by atoms with Crippen LogP contribution in [0.2, 0.25) is 0 Å². The van der Waals surface area contributed by atoms with E-state index < -0.39 is 0 Å². The van der Waals surface area contributed by atoms with Crippen LogP contribution in [0.3, 0.4) is 0 Å². The first-order chi connectivity index (χ1) is 11.8. The molecule has 0 radical (unpaired) electrons. The molecule has 2 heterocycles. The number of carbonyl (C=O) groups is 1. The van der Waals surface area contributed by atoms with Crippen LogP contribution >= 0.6 is 0 Å². The molecule has 3 rings (SSSR count). The van der Waals surface area contributed by atoms with E-state index in [0.717, 1.165) is 11.6 Å². The minimum Gasteiger partial charge on any atom is -0.321 e. The van der Waals surface area contributed by atoms with Gasteiger partial charge in [-0.1, -0.05) is 32.9 Å². The number of anilines is 1. The number of carbonyl (C=O) groups excluding carboxylic acids is 1. The van der Waals surface area contributed by atoms with Crippen LogP contribution in [-0.4, -0.2) is 20.4 Å². The first-order valence-corrected chi connectivity index (χ1v) is 8.23. The SMILES string of the molecule is Cc1nccn1-c1ccc(NC(=O)c2ccc(C(C)(C)C)cc2)cn1. The van der Waals surface area contributed by atoms with Gasteiger partial charge in [0.15, 0.2) is 0 Å². The molecule has 0 fully saturated rings. The predicted octanol–water partition coefficient (Wildman–Crippen LogP) is 4.13. The van der Waals surface area contributed by atoms with Crippen molar-refractivity contribution in [2.45, 2.75) is 33.1 Å². The molecule has 25 heavy (non-hydrogen) atoms. The van der Waals surface area contributed by atoms with Crippen molar-refractivity contribution in [1.29, 1.82) is 0 Å². The molecule has 0 saturated carbocycles. The Kier molecular flexibility index (Phi) is 4.40. The molecule has 0 bridgehead atoms. The summed E-state index contributed by atoms with van der Waals surface area (Å²) in [5.74, 6) is 1.49. The lowest BCUT2D eigenvalue weighted by Crippen LogP contribution is -2.14. The summed E-state index contributed by atoms with van der Waals surface area (Å²) in [6.45, 7) is 8.37. The molecule has 128 valence electrons. The van der Waals surface area contributed by atoms with Crippen LogP contribution < -0.4 is 5.32 Å². The lowest BCUT2D eigenvalue weighted by molar-refractivity contribution is 0.102. The van der Waals surface area contributed by atoms with Crippen LogP contribution in [0.1, 0.15) is 42.5 Å². The van der Waals surface area contributed by atoms with Crippen LogP contribution in [0.4, 0.5) is 5.69 Å². The standard InChI is InChI=1S/C20H22N4O/c1-14-21-11-12-24(14)18-10-9-17(13-22-18)23-19(25)15-5-7-16(8-6-15)20(2,3)4/h5-13H,1-4H3,(H,23,25). The summed E-state index contributed by atoms with van der Waals surface area (Å²) >= 11 is 0. The number of nitrogens with zero attached hydrogens (tertiary/aromatic N) is 3. The van der Waals surface area contributed by atoms with Crippen LogP contribution in [0.25, 0.3) is 5.82 Å². The molecule has 0 spiro atoms. The zero-order chi connectivity index (χ0) is 18.0. The number of benzene rings is 1. The summed E-state index contributed by atoms with van der Waals surface area (Å²) in [7, 11) is 0. The summed E-state index contributed by atoms with van der Waals surface area (Å²) < 4.78 is 1.89. The minimum atomic E-state index is -0.145. The molecular formula is C20H22N4O. The average Bonchev–Trinajstić information content (AvgIpc) is 3.01. The van der Waals surface area contributed by atoms with Crippen LogP contribution in [0.5, 0.6) is 0 Å². The Bertz CT molecular complexity index is 871. The normalized spacial score (nSPS) is 11.4. The number of hydrogen-bond acceptors (Lipinski definition) is 3. The Balaban J connectivity index is 1.72. The van der Waals surface area contributed by atoms with E-state index in [2.05, 4.69) is 36.1 Å². The topological polar surface area (TPSA) is 59.8 Å². The quantitative estimate of drug-likeness (QED) is 0.783. The van der Waals surface area contributed by atoms with Crippen molar-refractivity contribution in [3.05, 3.63) is 71.9 Å². The van der Waals surface area contributed by atoms with E-state index in [9.17, 15) is 4.79 Å². The van der Waals surface area contributed by atoms with Crippen molar-refractivity contribution >= 4 is 11.6 Å². The maximum atomic E-state index is 12.4. The molecule has 1 aromatic carbocycles. The lowest BCUT2D eigenvalue weighted by Gasteiger charge is -2.19. The third-order valence-corrected chi connectivity index (χ3v) is 4.09. The Labute approximate surface area is 147 Å². The molecule has 2 aromatic heterocycles. The molecule has 0 aliphatic carbocycles. The van der Waals surface area contributed by atoms with Gasteiger partial charge in [0.2, 0.25) is 0 Å². The van der Waals surface area contributed by atoms with Crippen molar-refractivity contribution in [2.24, 2.45) is 0 Å². The van der Waals surface area contributed by atoms with Gasteiger partial charge in [0.05, 0.1) is 11.9 Å². The van der Waals surface area contributed by atoms with E-state index in [-0.39, 0.29) is 11.3 Å². The molecule has 0 atom stereocenters. The van der Waals surface area contributed by atoms with Crippen molar-refractivity contribution in [1.82, 2.24) is 14.5 Å². The van der Waals surface area contributed by atoms with E-state index in [1.807, 2.05) is 54.1 Å². The molecule has 0 saturated heterocycles. The number of aryl methyl sites for hydroxylation is 1. The van der Waals surface area contributed by atoms with Gasteiger partial charge in [0.1, 0.15) is 11.6 Å². The van der Waals surface area contributed by atoms with Gasteiger partial charge in [-0.05, 0) is 42.2 Å². The average molecular weight is 334 g/mol. The molecule has 5 heteroatoms. The van der Waals surface area contributed by atoms with E-state index in [0.29, 0.717) is 11.3 Å².